The number of ether oxygens (including phenoxy) is 1. The van der Waals surface area contributed by atoms with E-state index < -0.39 is 17.8 Å². The van der Waals surface area contributed by atoms with Gasteiger partial charge in [0.1, 0.15) is 17.6 Å². The summed E-state index contributed by atoms with van der Waals surface area (Å²) in [5.74, 6) is -1.42. The summed E-state index contributed by atoms with van der Waals surface area (Å²) in [6, 6.07) is 5.44. The molecule has 0 unspecified atom stereocenters. The Morgan fingerprint density at radius 2 is 2.03 bits per heavy atom. The minimum Gasteiger partial charge on any atom is -0.394 e. The van der Waals surface area contributed by atoms with Crippen LogP contribution in [0.3, 0.4) is 0 Å². The van der Waals surface area contributed by atoms with Gasteiger partial charge in [-0.25, -0.2) is 9.37 Å². The van der Waals surface area contributed by atoms with Gasteiger partial charge >= 0.3 is 0 Å². The third-order valence-corrected chi connectivity index (χ3v) is 4.78. The average Bonchev–Trinajstić information content (AvgIpc) is 2.75. The summed E-state index contributed by atoms with van der Waals surface area (Å²) in [6.45, 7) is 0.0656. The van der Waals surface area contributed by atoms with Gasteiger partial charge in [0.2, 0.25) is 0 Å². The number of nitrogens with one attached hydrogen (secondary N) is 2. The van der Waals surface area contributed by atoms with E-state index >= 15 is 0 Å². The summed E-state index contributed by atoms with van der Waals surface area (Å²) in [7, 11) is 0. The van der Waals surface area contributed by atoms with Crippen molar-refractivity contribution >= 4 is 11.8 Å². The normalized spacial score (nSPS) is 21.4. The van der Waals surface area contributed by atoms with Gasteiger partial charge < -0.3 is 20.5 Å². The first-order valence-electron chi connectivity index (χ1n) is 9.44. The van der Waals surface area contributed by atoms with Gasteiger partial charge in [-0.2, -0.15) is 0 Å². The van der Waals surface area contributed by atoms with Crippen LogP contribution < -0.4 is 10.6 Å². The van der Waals surface area contributed by atoms with Crippen molar-refractivity contribution < 1.29 is 23.8 Å². The van der Waals surface area contributed by atoms with E-state index in [0.29, 0.717) is 25.8 Å². The van der Waals surface area contributed by atoms with Crippen molar-refractivity contribution in [3.05, 3.63) is 59.9 Å². The van der Waals surface area contributed by atoms with E-state index in [1.165, 1.54) is 36.8 Å². The number of carbonyl (C=O) groups excluding carboxylic acids is 2. The van der Waals surface area contributed by atoms with Gasteiger partial charge in [-0.1, -0.05) is 12.1 Å². The van der Waals surface area contributed by atoms with Crippen LogP contribution >= 0.6 is 0 Å². The van der Waals surface area contributed by atoms with Crippen molar-refractivity contribution in [3.8, 4) is 0 Å². The van der Waals surface area contributed by atoms with Crippen molar-refractivity contribution in [1.29, 1.82) is 0 Å². The van der Waals surface area contributed by atoms with Gasteiger partial charge in [0.05, 0.1) is 30.5 Å². The van der Waals surface area contributed by atoms with Gasteiger partial charge in [0.25, 0.3) is 11.8 Å². The molecule has 2 amide bonds. The zero-order valence-corrected chi connectivity index (χ0v) is 15.8. The Balaban J connectivity index is 1.46. The quantitative estimate of drug-likeness (QED) is 0.639. The Hall–Kier alpha value is -2.91. The molecule has 1 fully saturated rings. The summed E-state index contributed by atoms with van der Waals surface area (Å²) in [5, 5.41) is 15.1. The monoisotopic (exact) mass is 402 g/mol. The number of benzene rings is 1. The highest BCUT2D eigenvalue weighted by molar-refractivity contribution is 5.94. The molecule has 0 spiro atoms. The number of aromatic nitrogens is 2. The fourth-order valence-electron chi connectivity index (χ4n) is 3.26. The van der Waals surface area contributed by atoms with Gasteiger partial charge in [0.15, 0.2) is 0 Å². The molecule has 1 saturated heterocycles. The fourth-order valence-corrected chi connectivity index (χ4v) is 3.26. The smallest absolute Gasteiger partial charge is 0.271 e. The molecular formula is C20H23FN4O4. The lowest BCUT2D eigenvalue weighted by Gasteiger charge is -2.36. The van der Waals surface area contributed by atoms with Gasteiger partial charge in [-0.3, -0.25) is 14.6 Å². The molecule has 3 N–H and O–H groups in total. The Morgan fingerprint density at radius 3 is 2.76 bits per heavy atom. The molecule has 1 aliphatic heterocycles. The van der Waals surface area contributed by atoms with Crippen LogP contribution in [0.4, 0.5) is 4.39 Å². The maximum absolute atomic E-state index is 13.6. The maximum Gasteiger partial charge on any atom is 0.271 e. The molecule has 1 aromatic carbocycles. The lowest BCUT2D eigenvalue weighted by molar-refractivity contribution is -0.0893. The van der Waals surface area contributed by atoms with E-state index in [1.54, 1.807) is 6.07 Å². The molecule has 2 aromatic rings. The molecule has 9 heteroatoms. The van der Waals surface area contributed by atoms with E-state index in [9.17, 15) is 19.1 Å². The van der Waals surface area contributed by atoms with E-state index in [1.807, 2.05) is 0 Å². The van der Waals surface area contributed by atoms with E-state index in [2.05, 4.69) is 20.6 Å². The summed E-state index contributed by atoms with van der Waals surface area (Å²) >= 11 is 0. The summed E-state index contributed by atoms with van der Waals surface area (Å²) in [4.78, 5) is 32.1. The van der Waals surface area contributed by atoms with Crippen LogP contribution in [0.5, 0.6) is 0 Å². The SMILES string of the molecule is O=C(N[C@@H]1CC[C@H](CCNC(=O)c2ccccc2F)O[C@H]1CO)c1cnccn1. The maximum atomic E-state index is 13.6. The topological polar surface area (TPSA) is 113 Å². The largest absolute Gasteiger partial charge is 0.394 e. The molecule has 0 radical (unpaired) electrons. The van der Waals surface area contributed by atoms with Gasteiger partial charge in [0, 0.05) is 18.9 Å². The molecule has 0 bridgehead atoms. The number of hydrogen-bond donors (Lipinski definition) is 3. The van der Waals surface area contributed by atoms with Crippen molar-refractivity contribution in [2.75, 3.05) is 13.2 Å². The molecule has 154 valence electrons. The number of aliphatic hydroxyl groups is 1. The molecule has 3 rings (SSSR count). The van der Waals surface area contributed by atoms with E-state index in [4.69, 9.17) is 4.74 Å². The van der Waals surface area contributed by atoms with Crippen LogP contribution in [0.15, 0.2) is 42.9 Å². The molecule has 1 aromatic heterocycles. The number of amides is 2. The fraction of sp³-hybridized carbons (Fsp3) is 0.400. The number of hydrogen-bond acceptors (Lipinski definition) is 6. The van der Waals surface area contributed by atoms with Crippen LogP contribution in [0, 0.1) is 5.82 Å². The number of nitrogens with zero attached hydrogens (tertiary/aromatic N) is 2. The molecule has 8 nitrogen and oxygen atoms in total. The number of halogens is 1. The number of rotatable bonds is 7. The van der Waals surface area contributed by atoms with Crippen molar-refractivity contribution in [2.24, 2.45) is 0 Å². The first-order chi connectivity index (χ1) is 14.1. The predicted octanol–water partition coefficient (Wildman–Crippen LogP) is 1.07. The second-order valence-electron chi connectivity index (χ2n) is 6.75. The minimum atomic E-state index is -0.569. The number of carbonyl (C=O) groups is 2. The standard InChI is InChI=1S/C20H23FN4O4/c21-15-4-2-1-3-14(15)19(27)24-8-7-13-5-6-16(18(12-26)29-13)25-20(28)17-11-22-9-10-23-17/h1-4,9-11,13,16,18,26H,5-8,12H2,(H,24,27)(H,25,28)/t13-,16-,18+/m1/s1. The van der Waals surface area contributed by atoms with E-state index in [-0.39, 0.29) is 35.9 Å². The third-order valence-electron chi connectivity index (χ3n) is 4.78. The molecule has 1 aliphatic rings. The summed E-state index contributed by atoms with van der Waals surface area (Å²) < 4.78 is 19.5. The summed E-state index contributed by atoms with van der Waals surface area (Å²) in [6.07, 6.45) is 5.32. The average molecular weight is 402 g/mol. The predicted molar refractivity (Wildman–Crippen MR) is 102 cm³/mol. The zero-order valence-electron chi connectivity index (χ0n) is 15.8. The van der Waals surface area contributed by atoms with Crippen molar-refractivity contribution in [2.45, 2.75) is 37.5 Å². The van der Waals surface area contributed by atoms with Crippen LogP contribution in [0.2, 0.25) is 0 Å². The lowest BCUT2D eigenvalue weighted by Crippen LogP contribution is -2.51. The highest BCUT2D eigenvalue weighted by atomic mass is 19.1. The Morgan fingerprint density at radius 1 is 1.21 bits per heavy atom. The Kier molecular flexibility index (Phi) is 7.20. The van der Waals surface area contributed by atoms with Crippen LogP contribution in [0.1, 0.15) is 40.1 Å². The van der Waals surface area contributed by atoms with Crippen LogP contribution in [-0.4, -0.2) is 58.3 Å². The Labute approximate surface area is 167 Å². The van der Waals surface area contributed by atoms with Gasteiger partial charge in [-0.15, -0.1) is 0 Å². The van der Waals surface area contributed by atoms with Gasteiger partial charge in [-0.05, 0) is 31.4 Å². The lowest BCUT2D eigenvalue weighted by atomic mass is 9.97. The zero-order chi connectivity index (χ0) is 20.6. The third kappa shape index (κ3) is 5.55. The highest BCUT2D eigenvalue weighted by Crippen LogP contribution is 2.22. The van der Waals surface area contributed by atoms with Crippen LogP contribution in [-0.2, 0) is 4.74 Å². The van der Waals surface area contributed by atoms with Crippen molar-refractivity contribution in [3.63, 3.8) is 0 Å². The highest BCUT2D eigenvalue weighted by Gasteiger charge is 2.32. The number of aliphatic hydroxyl groups excluding tert-OH is 1. The summed E-state index contributed by atoms with van der Waals surface area (Å²) in [5.41, 5.74) is 0.194. The molecule has 0 aliphatic carbocycles. The molecule has 2 heterocycles. The molecule has 0 saturated carbocycles. The Bertz CT molecular complexity index is 836. The minimum absolute atomic E-state index is 0.00270. The first kappa shape index (κ1) is 20.8. The second kappa shape index (κ2) is 10.0. The van der Waals surface area contributed by atoms with Crippen LogP contribution in [0.25, 0.3) is 0 Å². The molecular weight excluding hydrogens is 379 g/mol. The molecule has 3 atom stereocenters. The van der Waals surface area contributed by atoms with Crippen molar-refractivity contribution in [1.82, 2.24) is 20.6 Å². The first-order valence-corrected chi connectivity index (χ1v) is 9.44. The molecule has 29 heavy (non-hydrogen) atoms. The second-order valence-corrected chi connectivity index (χ2v) is 6.75. The van der Waals surface area contributed by atoms with E-state index in [0.717, 1.165) is 0 Å².